The monoisotopic (exact) mass is 373 g/mol. The number of nitrogens with zero attached hydrogens (tertiary/aromatic N) is 2. The molecule has 8 heteroatoms. The first-order valence-corrected chi connectivity index (χ1v) is 9.53. The van der Waals surface area contributed by atoms with E-state index in [1.807, 2.05) is 11.6 Å². The minimum absolute atomic E-state index is 0.0376. The van der Waals surface area contributed by atoms with Crippen molar-refractivity contribution in [1.82, 2.24) is 9.55 Å². The van der Waals surface area contributed by atoms with E-state index in [0.717, 1.165) is 0 Å². The van der Waals surface area contributed by atoms with Gasteiger partial charge in [0.1, 0.15) is 11.2 Å². The molecule has 2 aromatic heterocycles. The highest BCUT2D eigenvalue weighted by atomic mass is 32.2. The summed E-state index contributed by atoms with van der Waals surface area (Å²) in [4.78, 5) is 40.6. The molecule has 1 amide bonds. The van der Waals surface area contributed by atoms with Crippen LogP contribution in [0.25, 0.3) is 10.2 Å². The maximum Gasteiger partial charge on any atom is 0.272 e. The average Bonchev–Trinajstić information content (AvgIpc) is 3.06. The highest BCUT2D eigenvalue weighted by Gasteiger charge is 2.14. The predicted octanol–water partition coefficient (Wildman–Crippen LogP) is 3.02. The van der Waals surface area contributed by atoms with E-state index in [9.17, 15) is 14.4 Å². The van der Waals surface area contributed by atoms with Crippen LogP contribution in [0.4, 0.5) is 5.69 Å². The van der Waals surface area contributed by atoms with Gasteiger partial charge < -0.3 is 5.32 Å². The molecular weight excluding hydrogens is 358 g/mol. The number of fused-ring (bicyclic) bond motifs is 1. The van der Waals surface area contributed by atoms with E-state index in [0.29, 0.717) is 26.6 Å². The van der Waals surface area contributed by atoms with Crippen molar-refractivity contribution >= 4 is 50.7 Å². The number of nitrogens with one attached hydrogen (secondary N) is 1. The lowest BCUT2D eigenvalue weighted by molar-refractivity contribution is -0.116. The van der Waals surface area contributed by atoms with Gasteiger partial charge in [-0.25, -0.2) is 4.98 Å². The largest absolute Gasteiger partial charge is 0.325 e. The third-order valence-corrected chi connectivity index (χ3v) is 5.16. The van der Waals surface area contributed by atoms with Crippen LogP contribution in [0, 0.1) is 0 Å². The van der Waals surface area contributed by atoms with E-state index in [-0.39, 0.29) is 23.8 Å². The Labute approximate surface area is 151 Å². The van der Waals surface area contributed by atoms with Crippen LogP contribution < -0.4 is 10.9 Å². The Hall–Kier alpha value is -2.45. The molecule has 0 bridgehead atoms. The fourth-order valence-corrected chi connectivity index (χ4v) is 3.69. The molecule has 0 aliphatic carbocycles. The Morgan fingerprint density at radius 3 is 2.60 bits per heavy atom. The number of carbonyl (C=O) groups excluding carboxylic acids is 2. The number of hydrogen-bond donors (Lipinski definition) is 1. The zero-order chi connectivity index (χ0) is 18.0. The van der Waals surface area contributed by atoms with Crippen LogP contribution in [-0.4, -0.2) is 27.5 Å². The standard InChI is InChI=1S/C17H15N3O3S2/c1-10(21)11-3-5-12(6-4-11)18-14(22)9-20-16(23)15-13(7-8-25-15)19-17(20)24-2/h3-8H,9H2,1-2H3,(H,18,22). The first kappa shape index (κ1) is 17.4. The number of carbonyl (C=O) groups is 2. The predicted molar refractivity (Wildman–Crippen MR) is 101 cm³/mol. The summed E-state index contributed by atoms with van der Waals surface area (Å²) in [5, 5.41) is 5.04. The van der Waals surface area contributed by atoms with E-state index >= 15 is 0 Å². The maximum absolute atomic E-state index is 12.6. The molecule has 0 aliphatic rings. The molecule has 1 N–H and O–H groups in total. The number of anilines is 1. The summed E-state index contributed by atoms with van der Waals surface area (Å²) in [6, 6.07) is 8.41. The van der Waals surface area contributed by atoms with E-state index in [1.54, 1.807) is 30.3 Å². The van der Waals surface area contributed by atoms with Gasteiger partial charge in [0.05, 0.1) is 5.52 Å². The SMILES string of the molecule is CSc1nc2ccsc2c(=O)n1CC(=O)Nc1ccc(C(C)=O)cc1. The molecule has 1 aromatic carbocycles. The number of ketones is 1. The van der Waals surface area contributed by atoms with Crippen molar-refractivity contribution in [2.24, 2.45) is 0 Å². The van der Waals surface area contributed by atoms with Gasteiger partial charge in [-0.2, -0.15) is 0 Å². The Kier molecular flexibility index (Phi) is 5.00. The normalized spacial score (nSPS) is 10.8. The van der Waals surface area contributed by atoms with E-state index in [1.165, 1.54) is 34.6 Å². The average molecular weight is 373 g/mol. The Balaban J connectivity index is 1.83. The first-order chi connectivity index (χ1) is 12.0. The number of aromatic nitrogens is 2. The van der Waals surface area contributed by atoms with Gasteiger partial charge in [-0.15, -0.1) is 11.3 Å². The van der Waals surface area contributed by atoms with Crippen molar-refractivity contribution in [3.63, 3.8) is 0 Å². The number of thioether (sulfide) groups is 1. The van der Waals surface area contributed by atoms with Crippen LogP contribution >= 0.6 is 23.1 Å². The lowest BCUT2D eigenvalue weighted by Gasteiger charge is -2.11. The second-order valence-electron chi connectivity index (χ2n) is 5.31. The fraction of sp³-hybridized carbons (Fsp3) is 0.176. The number of thiophene rings is 1. The number of rotatable bonds is 5. The fourth-order valence-electron chi connectivity index (χ4n) is 2.35. The second-order valence-corrected chi connectivity index (χ2v) is 7.00. The summed E-state index contributed by atoms with van der Waals surface area (Å²) < 4.78 is 1.92. The lowest BCUT2D eigenvalue weighted by Crippen LogP contribution is -2.29. The molecular formula is C17H15N3O3S2. The van der Waals surface area contributed by atoms with Crippen LogP contribution in [-0.2, 0) is 11.3 Å². The Bertz CT molecular complexity index is 1010. The summed E-state index contributed by atoms with van der Waals surface area (Å²) in [6.07, 6.45) is 1.81. The number of benzene rings is 1. The molecule has 0 saturated heterocycles. The van der Waals surface area contributed by atoms with Crippen molar-refractivity contribution in [1.29, 1.82) is 0 Å². The van der Waals surface area contributed by atoms with E-state index < -0.39 is 0 Å². The van der Waals surface area contributed by atoms with Crippen molar-refractivity contribution < 1.29 is 9.59 Å². The summed E-state index contributed by atoms with van der Waals surface area (Å²) in [5.74, 6) is -0.366. The lowest BCUT2D eigenvalue weighted by atomic mass is 10.1. The molecule has 3 rings (SSSR count). The van der Waals surface area contributed by atoms with Crippen LogP contribution in [0.5, 0.6) is 0 Å². The van der Waals surface area contributed by atoms with Gasteiger partial charge in [-0.3, -0.25) is 19.0 Å². The van der Waals surface area contributed by atoms with E-state index in [2.05, 4.69) is 10.3 Å². The molecule has 0 spiro atoms. The van der Waals surface area contributed by atoms with Crippen molar-refractivity contribution in [2.75, 3.05) is 11.6 Å². The van der Waals surface area contributed by atoms with Gasteiger partial charge in [0.2, 0.25) is 5.91 Å². The van der Waals surface area contributed by atoms with Crippen molar-refractivity contribution in [3.8, 4) is 0 Å². The molecule has 0 fully saturated rings. The minimum atomic E-state index is -0.328. The first-order valence-electron chi connectivity index (χ1n) is 7.42. The van der Waals surface area contributed by atoms with Crippen LogP contribution in [0.2, 0.25) is 0 Å². The Morgan fingerprint density at radius 1 is 1.24 bits per heavy atom. The molecule has 0 atom stereocenters. The van der Waals surface area contributed by atoms with Gasteiger partial charge in [0, 0.05) is 11.3 Å². The highest BCUT2D eigenvalue weighted by molar-refractivity contribution is 7.98. The molecule has 0 unspecified atom stereocenters. The minimum Gasteiger partial charge on any atom is -0.325 e. The smallest absolute Gasteiger partial charge is 0.272 e. The third kappa shape index (κ3) is 3.64. The van der Waals surface area contributed by atoms with E-state index in [4.69, 9.17) is 0 Å². The molecule has 0 saturated carbocycles. The molecule has 3 aromatic rings. The topological polar surface area (TPSA) is 81.1 Å². The summed E-state index contributed by atoms with van der Waals surface area (Å²) in [5.41, 5.74) is 1.58. The Morgan fingerprint density at radius 2 is 1.96 bits per heavy atom. The van der Waals surface area contributed by atoms with Crippen molar-refractivity contribution in [2.45, 2.75) is 18.6 Å². The quantitative estimate of drug-likeness (QED) is 0.422. The van der Waals surface area contributed by atoms with Gasteiger partial charge in [0.25, 0.3) is 5.56 Å². The van der Waals surface area contributed by atoms with Gasteiger partial charge in [-0.05, 0) is 48.9 Å². The second kappa shape index (κ2) is 7.20. The molecule has 25 heavy (non-hydrogen) atoms. The van der Waals surface area contributed by atoms with Crippen LogP contribution in [0.3, 0.4) is 0 Å². The summed E-state index contributed by atoms with van der Waals surface area (Å²) >= 11 is 2.63. The van der Waals surface area contributed by atoms with Gasteiger partial charge >= 0.3 is 0 Å². The van der Waals surface area contributed by atoms with Crippen molar-refractivity contribution in [3.05, 3.63) is 51.6 Å². The molecule has 0 aliphatic heterocycles. The molecule has 2 heterocycles. The van der Waals surface area contributed by atoms with Gasteiger partial charge in [0.15, 0.2) is 10.9 Å². The number of Topliss-reactive ketones (excluding diaryl/α,β-unsaturated/α-hetero) is 1. The van der Waals surface area contributed by atoms with Crippen LogP contribution in [0.15, 0.2) is 45.7 Å². The third-order valence-electron chi connectivity index (χ3n) is 3.59. The zero-order valence-corrected chi connectivity index (χ0v) is 15.2. The molecule has 128 valence electrons. The zero-order valence-electron chi connectivity index (χ0n) is 13.6. The van der Waals surface area contributed by atoms with Crippen LogP contribution in [0.1, 0.15) is 17.3 Å². The molecule has 6 nitrogen and oxygen atoms in total. The summed E-state index contributed by atoms with van der Waals surface area (Å²) in [6.45, 7) is 1.36. The molecule has 0 radical (unpaired) electrons. The van der Waals surface area contributed by atoms with Gasteiger partial charge in [-0.1, -0.05) is 11.8 Å². The highest BCUT2D eigenvalue weighted by Crippen LogP contribution is 2.19. The summed E-state index contributed by atoms with van der Waals surface area (Å²) in [7, 11) is 0. The maximum atomic E-state index is 12.6. The number of hydrogen-bond acceptors (Lipinski definition) is 6. The number of amides is 1.